The van der Waals surface area contributed by atoms with Crippen molar-refractivity contribution in [2.24, 2.45) is 0 Å². The van der Waals surface area contributed by atoms with E-state index >= 15 is 0 Å². The molecule has 1 aromatic heterocycles. The van der Waals surface area contributed by atoms with Gasteiger partial charge in [0.2, 0.25) is 0 Å². The van der Waals surface area contributed by atoms with E-state index in [9.17, 15) is 4.79 Å². The molecule has 0 spiro atoms. The lowest BCUT2D eigenvalue weighted by molar-refractivity contribution is -0.124. The molecule has 0 fully saturated rings. The van der Waals surface area contributed by atoms with Crippen molar-refractivity contribution in [3.05, 3.63) is 42.1 Å². The summed E-state index contributed by atoms with van der Waals surface area (Å²) in [6.07, 6.45) is 5.04. The SMILES string of the molecule is CN(C)CCn1ccc2cc(/C=C/C(=O)NO)ccc21. The van der Waals surface area contributed by atoms with Gasteiger partial charge >= 0.3 is 0 Å². The van der Waals surface area contributed by atoms with E-state index in [0.29, 0.717) is 0 Å². The van der Waals surface area contributed by atoms with Crippen LogP contribution in [-0.2, 0) is 11.3 Å². The number of aromatic nitrogens is 1. The van der Waals surface area contributed by atoms with Gasteiger partial charge in [0.15, 0.2) is 0 Å². The van der Waals surface area contributed by atoms with Crippen LogP contribution in [0, 0.1) is 0 Å². The third-order valence-corrected chi connectivity index (χ3v) is 3.12. The minimum atomic E-state index is -0.534. The van der Waals surface area contributed by atoms with Crippen LogP contribution in [-0.4, -0.2) is 41.2 Å². The molecule has 2 aromatic rings. The van der Waals surface area contributed by atoms with Crippen LogP contribution in [0.5, 0.6) is 0 Å². The fourth-order valence-corrected chi connectivity index (χ4v) is 2.03. The van der Waals surface area contributed by atoms with E-state index in [1.54, 1.807) is 11.6 Å². The molecule has 0 aliphatic rings. The van der Waals surface area contributed by atoms with Crippen molar-refractivity contribution in [2.45, 2.75) is 6.54 Å². The van der Waals surface area contributed by atoms with Crippen LogP contribution >= 0.6 is 0 Å². The molecule has 0 atom stereocenters. The maximum absolute atomic E-state index is 10.9. The van der Waals surface area contributed by atoms with Gasteiger partial charge in [-0.1, -0.05) is 6.07 Å². The van der Waals surface area contributed by atoms with Gasteiger partial charge < -0.3 is 9.47 Å². The van der Waals surface area contributed by atoms with Crippen molar-refractivity contribution in [3.8, 4) is 0 Å². The Kier molecular flexibility index (Phi) is 4.55. The molecule has 106 valence electrons. The molecule has 0 radical (unpaired) electrons. The van der Waals surface area contributed by atoms with E-state index in [-0.39, 0.29) is 0 Å². The van der Waals surface area contributed by atoms with Crippen LogP contribution in [0.3, 0.4) is 0 Å². The summed E-state index contributed by atoms with van der Waals surface area (Å²) >= 11 is 0. The lowest BCUT2D eigenvalue weighted by atomic mass is 10.1. The van der Waals surface area contributed by atoms with E-state index in [2.05, 4.69) is 35.8 Å². The summed E-state index contributed by atoms with van der Waals surface area (Å²) in [6, 6.07) is 8.08. The Labute approximate surface area is 118 Å². The van der Waals surface area contributed by atoms with Crippen LogP contribution in [0.4, 0.5) is 0 Å². The molecule has 0 aliphatic heterocycles. The number of likely N-dealkylation sites (N-methyl/N-ethyl adjacent to an activating group) is 1. The zero-order valence-electron chi connectivity index (χ0n) is 11.7. The number of benzene rings is 1. The molecule has 0 bridgehead atoms. The fraction of sp³-hybridized carbons (Fsp3) is 0.267. The summed E-state index contributed by atoms with van der Waals surface area (Å²) < 4.78 is 2.21. The predicted molar refractivity (Wildman–Crippen MR) is 79.5 cm³/mol. The zero-order chi connectivity index (χ0) is 14.5. The second-order valence-electron chi connectivity index (χ2n) is 4.94. The fourth-order valence-electron chi connectivity index (χ4n) is 2.03. The van der Waals surface area contributed by atoms with Crippen LogP contribution in [0.25, 0.3) is 17.0 Å². The molecule has 0 saturated heterocycles. The van der Waals surface area contributed by atoms with Gasteiger partial charge in [-0.3, -0.25) is 10.0 Å². The average Bonchev–Trinajstić information content (AvgIpc) is 2.84. The van der Waals surface area contributed by atoms with Gasteiger partial charge in [-0.2, -0.15) is 0 Å². The van der Waals surface area contributed by atoms with Crippen molar-refractivity contribution < 1.29 is 10.0 Å². The van der Waals surface area contributed by atoms with Gasteiger partial charge in [-0.05, 0) is 43.9 Å². The third kappa shape index (κ3) is 3.46. The second-order valence-corrected chi connectivity index (χ2v) is 4.94. The minimum absolute atomic E-state index is 0.534. The molecule has 0 saturated carbocycles. The molecular weight excluding hydrogens is 254 g/mol. The van der Waals surface area contributed by atoms with Crippen molar-refractivity contribution >= 4 is 22.9 Å². The number of hydrogen-bond donors (Lipinski definition) is 2. The Bertz CT molecular complexity index is 629. The van der Waals surface area contributed by atoms with E-state index in [1.807, 2.05) is 18.2 Å². The number of nitrogens with one attached hydrogen (secondary N) is 1. The summed E-state index contributed by atoms with van der Waals surface area (Å²) in [6.45, 7) is 1.93. The Hall–Kier alpha value is -2.11. The molecule has 1 aromatic carbocycles. The minimum Gasteiger partial charge on any atom is -0.346 e. The molecular formula is C15H19N3O2. The number of carbonyl (C=O) groups excluding carboxylic acids is 1. The predicted octanol–water partition coefficient (Wildman–Crippen LogP) is 1.72. The van der Waals surface area contributed by atoms with Crippen LogP contribution in [0.2, 0.25) is 0 Å². The molecule has 0 unspecified atom stereocenters. The summed E-state index contributed by atoms with van der Waals surface area (Å²) in [5.74, 6) is -0.534. The third-order valence-electron chi connectivity index (χ3n) is 3.12. The normalized spacial score (nSPS) is 11.6. The largest absolute Gasteiger partial charge is 0.346 e. The maximum Gasteiger partial charge on any atom is 0.267 e. The Morgan fingerprint density at radius 2 is 2.20 bits per heavy atom. The number of fused-ring (bicyclic) bond motifs is 1. The molecule has 2 rings (SSSR count). The van der Waals surface area contributed by atoms with Crippen molar-refractivity contribution in [1.82, 2.24) is 14.9 Å². The highest BCUT2D eigenvalue weighted by Gasteiger charge is 2.02. The molecule has 5 heteroatoms. The van der Waals surface area contributed by atoms with E-state index in [1.165, 1.54) is 11.6 Å². The number of hydrogen-bond acceptors (Lipinski definition) is 3. The zero-order valence-corrected chi connectivity index (χ0v) is 11.7. The number of rotatable bonds is 5. The van der Waals surface area contributed by atoms with Gasteiger partial charge in [-0.25, -0.2) is 5.48 Å². The highest BCUT2D eigenvalue weighted by molar-refractivity contribution is 5.92. The molecule has 0 aliphatic carbocycles. The summed E-state index contributed by atoms with van der Waals surface area (Å²) in [4.78, 5) is 13.1. The molecule has 2 N–H and O–H groups in total. The second kappa shape index (κ2) is 6.36. The molecule has 20 heavy (non-hydrogen) atoms. The Morgan fingerprint density at radius 1 is 1.40 bits per heavy atom. The number of hydroxylamine groups is 1. The summed E-state index contributed by atoms with van der Waals surface area (Å²) in [5, 5.41) is 9.57. The monoisotopic (exact) mass is 273 g/mol. The first kappa shape index (κ1) is 14.3. The van der Waals surface area contributed by atoms with Gasteiger partial charge in [0.05, 0.1) is 0 Å². The lowest BCUT2D eigenvalue weighted by Crippen LogP contribution is -2.17. The van der Waals surface area contributed by atoms with E-state index in [0.717, 1.165) is 24.0 Å². The average molecular weight is 273 g/mol. The molecule has 1 heterocycles. The van der Waals surface area contributed by atoms with Crippen molar-refractivity contribution in [3.63, 3.8) is 0 Å². The smallest absolute Gasteiger partial charge is 0.267 e. The highest BCUT2D eigenvalue weighted by atomic mass is 16.5. The van der Waals surface area contributed by atoms with Crippen LogP contribution in [0.1, 0.15) is 5.56 Å². The quantitative estimate of drug-likeness (QED) is 0.495. The van der Waals surface area contributed by atoms with Crippen molar-refractivity contribution in [1.29, 1.82) is 0 Å². The van der Waals surface area contributed by atoms with Gasteiger partial charge in [0.1, 0.15) is 0 Å². The first-order valence-electron chi connectivity index (χ1n) is 6.46. The standard InChI is InChI=1S/C15H19N3O2/c1-17(2)9-10-18-8-7-13-11-12(3-5-14(13)18)4-6-15(19)16-20/h3-8,11,20H,9-10H2,1-2H3,(H,16,19)/b6-4+. The van der Waals surface area contributed by atoms with Gasteiger partial charge in [0.25, 0.3) is 5.91 Å². The number of nitrogens with zero attached hydrogens (tertiary/aromatic N) is 2. The highest BCUT2D eigenvalue weighted by Crippen LogP contribution is 2.18. The van der Waals surface area contributed by atoms with Crippen LogP contribution < -0.4 is 5.48 Å². The van der Waals surface area contributed by atoms with E-state index in [4.69, 9.17) is 5.21 Å². The first-order valence-corrected chi connectivity index (χ1v) is 6.46. The number of amides is 1. The van der Waals surface area contributed by atoms with Gasteiger partial charge in [-0.15, -0.1) is 0 Å². The first-order chi connectivity index (χ1) is 9.60. The lowest BCUT2D eigenvalue weighted by Gasteiger charge is -2.11. The topological polar surface area (TPSA) is 57.5 Å². The Balaban J connectivity index is 2.19. The van der Waals surface area contributed by atoms with E-state index < -0.39 is 5.91 Å². The number of carbonyl (C=O) groups is 1. The molecule has 5 nitrogen and oxygen atoms in total. The maximum atomic E-state index is 10.9. The van der Waals surface area contributed by atoms with Crippen molar-refractivity contribution in [2.75, 3.05) is 20.6 Å². The molecule has 1 amide bonds. The van der Waals surface area contributed by atoms with Gasteiger partial charge in [0, 0.05) is 36.3 Å². The Morgan fingerprint density at radius 3 is 2.90 bits per heavy atom. The summed E-state index contributed by atoms with van der Waals surface area (Å²) in [7, 11) is 4.11. The summed E-state index contributed by atoms with van der Waals surface area (Å²) in [5.41, 5.74) is 3.67. The van der Waals surface area contributed by atoms with Crippen LogP contribution in [0.15, 0.2) is 36.5 Å².